The molecule has 5 heteroatoms. The Morgan fingerprint density at radius 3 is 3.06 bits per heavy atom. The number of rotatable bonds is 2. The van der Waals surface area contributed by atoms with Gasteiger partial charge in [0, 0.05) is 24.5 Å². The first-order valence-electron chi connectivity index (χ1n) is 5.21. The predicted molar refractivity (Wildman–Crippen MR) is 67.6 cm³/mol. The van der Waals surface area contributed by atoms with Crippen LogP contribution in [0.25, 0.3) is 0 Å². The summed E-state index contributed by atoms with van der Waals surface area (Å²) in [5.74, 6) is 1.07. The molecule has 0 radical (unpaired) electrons. The summed E-state index contributed by atoms with van der Waals surface area (Å²) in [6, 6.07) is 1.85. The van der Waals surface area contributed by atoms with Crippen molar-refractivity contribution >= 4 is 33.3 Å². The highest BCUT2D eigenvalue weighted by Crippen LogP contribution is 2.29. The van der Waals surface area contributed by atoms with Crippen molar-refractivity contribution in [2.75, 3.05) is 22.5 Å². The number of amides is 1. The summed E-state index contributed by atoms with van der Waals surface area (Å²) >= 11 is 3.41. The summed E-state index contributed by atoms with van der Waals surface area (Å²) in [6.45, 7) is 2.62. The second kappa shape index (κ2) is 4.41. The summed E-state index contributed by atoms with van der Waals surface area (Å²) in [5, 5.41) is 0.834. The molecular formula is C11H14BrN3O. The Morgan fingerprint density at radius 2 is 2.44 bits per heavy atom. The Labute approximate surface area is 103 Å². The van der Waals surface area contributed by atoms with Crippen LogP contribution in [0.1, 0.15) is 12.0 Å². The third-order valence-electron chi connectivity index (χ3n) is 2.87. The Balaban J connectivity index is 2.31. The highest BCUT2D eigenvalue weighted by atomic mass is 79.9. The maximum Gasteiger partial charge on any atom is 0.228 e. The van der Waals surface area contributed by atoms with Crippen molar-refractivity contribution in [3.05, 3.63) is 17.8 Å². The van der Waals surface area contributed by atoms with Crippen LogP contribution in [-0.4, -0.2) is 22.8 Å². The smallest absolute Gasteiger partial charge is 0.228 e. The number of hydrogen-bond acceptors (Lipinski definition) is 3. The van der Waals surface area contributed by atoms with Gasteiger partial charge in [-0.2, -0.15) is 0 Å². The molecule has 0 aromatic carbocycles. The van der Waals surface area contributed by atoms with Gasteiger partial charge in [-0.3, -0.25) is 9.69 Å². The fourth-order valence-electron chi connectivity index (χ4n) is 1.86. The Morgan fingerprint density at radius 1 is 1.69 bits per heavy atom. The molecule has 1 unspecified atom stereocenters. The number of nitrogen functional groups attached to an aromatic ring is 1. The molecule has 0 aliphatic carbocycles. The normalized spacial score (nSPS) is 20.5. The first-order chi connectivity index (χ1) is 7.63. The zero-order valence-corrected chi connectivity index (χ0v) is 10.7. The standard InChI is InChI=1S/C11H14BrN3O/c1-7-2-3-14-11(10(7)13)15-6-8(5-12)4-9(15)16/h2-3,8H,4-6,13H2,1H3. The number of alkyl halides is 1. The summed E-state index contributed by atoms with van der Waals surface area (Å²) in [6.07, 6.45) is 2.26. The number of halogens is 1. The molecule has 86 valence electrons. The fraction of sp³-hybridized carbons (Fsp3) is 0.455. The van der Waals surface area contributed by atoms with E-state index in [1.807, 2.05) is 13.0 Å². The molecule has 0 bridgehead atoms. The summed E-state index contributed by atoms with van der Waals surface area (Å²) in [5.41, 5.74) is 7.50. The van der Waals surface area contributed by atoms with Crippen LogP contribution in [0, 0.1) is 12.8 Å². The number of aromatic nitrogens is 1. The van der Waals surface area contributed by atoms with Gasteiger partial charge < -0.3 is 5.73 Å². The number of hydrogen-bond donors (Lipinski definition) is 1. The van der Waals surface area contributed by atoms with E-state index in [9.17, 15) is 4.79 Å². The highest BCUT2D eigenvalue weighted by molar-refractivity contribution is 9.09. The molecule has 2 N–H and O–H groups in total. The van der Waals surface area contributed by atoms with Crippen molar-refractivity contribution in [3.63, 3.8) is 0 Å². The number of nitrogens with zero attached hydrogens (tertiary/aromatic N) is 2. The van der Waals surface area contributed by atoms with Crippen molar-refractivity contribution in [2.24, 2.45) is 5.92 Å². The molecule has 1 aliphatic rings. The number of anilines is 2. The maximum atomic E-state index is 11.8. The molecular weight excluding hydrogens is 270 g/mol. The lowest BCUT2D eigenvalue weighted by molar-refractivity contribution is -0.117. The van der Waals surface area contributed by atoms with Crippen molar-refractivity contribution in [3.8, 4) is 0 Å². The number of aryl methyl sites for hydroxylation is 1. The third-order valence-corrected chi connectivity index (χ3v) is 3.78. The molecule has 1 aromatic rings. The molecule has 16 heavy (non-hydrogen) atoms. The zero-order chi connectivity index (χ0) is 11.7. The topological polar surface area (TPSA) is 59.2 Å². The van der Waals surface area contributed by atoms with Gasteiger partial charge in [0.15, 0.2) is 5.82 Å². The molecule has 2 heterocycles. The molecule has 1 saturated heterocycles. The van der Waals surface area contributed by atoms with Crippen LogP contribution in [0.5, 0.6) is 0 Å². The van der Waals surface area contributed by atoms with Crippen molar-refractivity contribution < 1.29 is 4.79 Å². The molecule has 0 saturated carbocycles. The number of carbonyl (C=O) groups is 1. The lowest BCUT2D eigenvalue weighted by Crippen LogP contribution is -2.26. The summed E-state index contributed by atoms with van der Waals surface area (Å²) < 4.78 is 0. The van der Waals surface area contributed by atoms with Gasteiger partial charge in [0.25, 0.3) is 0 Å². The first-order valence-corrected chi connectivity index (χ1v) is 6.33. The zero-order valence-electron chi connectivity index (χ0n) is 9.11. The predicted octanol–water partition coefficient (Wildman–Crippen LogP) is 1.72. The van der Waals surface area contributed by atoms with E-state index in [0.29, 0.717) is 30.4 Å². The van der Waals surface area contributed by atoms with E-state index >= 15 is 0 Å². The lowest BCUT2D eigenvalue weighted by Gasteiger charge is -2.18. The second-order valence-corrected chi connectivity index (χ2v) is 4.74. The first kappa shape index (κ1) is 11.4. The average Bonchev–Trinajstić information content (AvgIpc) is 2.64. The van der Waals surface area contributed by atoms with Gasteiger partial charge >= 0.3 is 0 Å². The second-order valence-electron chi connectivity index (χ2n) is 4.09. The summed E-state index contributed by atoms with van der Waals surface area (Å²) in [4.78, 5) is 17.7. The molecule has 1 aliphatic heterocycles. The van der Waals surface area contributed by atoms with Crippen LogP contribution in [0.4, 0.5) is 11.5 Å². The SMILES string of the molecule is Cc1ccnc(N2CC(CBr)CC2=O)c1N. The molecule has 1 aromatic heterocycles. The Hall–Kier alpha value is -1.10. The van der Waals surface area contributed by atoms with E-state index in [1.165, 1.54) is 0 Å². The molecule has 1 atom stereocenters. The van der Waals surface area contributed by atoms with Crippen LogP contribution in [0.3, 0.4) is 0 Å². The maximum absolute atomic E-state index is 11.8. The number of nitrogens with two attached hydrogens (primary N) is 1. The Bertz CT molecular complexity index is 422. The van der Waals surface area contributed by atoms with Gasteiger partial charge in [0.1, 0.15) is 0 Å². The molecule has 1 fully saturated rings. The summed E-state index contributed by atoms with van der Waals surface area (Å²) in [7, 11) is 0. The van der Waals surface area contributed by atoms with E-state index in [1.54, 1.807) is 11.1 Å². The molecule has 0 spiro atoms. The van der Waals surface area contributed by atoms with Crippen LogP contribution >= 0.6 is 15.9 Å². The quantitative estimate of drug-likeness (QED) is 0.841. The number of pyridine rings is 1. The van der Waals surface area contributed by atoms with Gasteiger partial charge in [-0.1, -0.05) is 15.9 Å². The molecule has 1 amide bonds. The van der Waals surface area contributed by atoms with Gasteiger partial charge in [0.2, 0.25) is 5.91 Å². The van der Waals surface area contributed by atoms with Crippen molar-refractivity contribution in [2.45, 2.75) is 13.3 Å². The van der Waals surface area contributed by atoms with Gasteiger partial charge in [-0.25, -0.2) is 4.98 Å². The van der Waals surface area contributed by atoms with E-state index in [0.717, 1.165) is 10.9 Å². The fourth-order valence-corrected chi connectivity index (χ4v) is 2.29. The van der Waals surface area contributed by atoms with E-state index < -0.39 is 0 Å². The minimum atomic E-state index is 0.106. The monoisotopic (exact) mass is 283 g/mol. The highest BCUT2D eigenvalue weighted by Gasteiger charge is 2.31. The minimum Gasteiger partial charge on any atom is -0.396 e. The van der Waals surface area contributed by atoms with Crippen LogP contribution in [0.15, 0.2) is 12.3 Å². The minimum absolute atomic E-state index is 0.106. The van der Waals surface area contributed by atoms with E-state index in [-0.39, 0.29) is 5.91 Å². The van der Waals surface area contributed by atoms with Crippen LogP contribution in [-0.2, 0) is 4.79 Å². The molecule has 4 nitrogen and oxygen atoms in total. The van der Waals surface area contributed by atoms with Gasteiger partial charge in [-0.05, 0) is 24.5 Å². The molecule has 2 rings (SSSR count). The lowest BCUT2D eigenvalue weighted by atomic mass is 10.2. The third kappa shape index (κ3) is 1.91. The van der Waals surface area contributed by atoms with Crippen LogP contribution in [0.2, 0.25) is 0 Å². The number of carbonyl (C=O) groups excluding carboxylic acids is 1. The van der Waals surface area contributed by atoms with Gasteiger partial charge in [-0.15, -0.1) is 0 Å². The largest absolute Gasteiger partial charge is 0.396 e. The van der Waals surface area contributed by atoms with Gasteiger partial charge in [0.05, 0.1) is 5.69 Å². The van der Waals surface area contributed by atoms with E-state index in [2.05, 4.69) is 20.9 Å². The van der Waals surface area contributed by atoms with Crippen molar-refractivity contribution in [1.29, 1.82) is 0 Å². The van der Waals surface area contributed by atoms with Crippen LogP contribution < -0.4 is 10.6 Å². The van der Waals surface area contributed by atoms with E-state index in [4.69, 9.17) is 5.73 Å². The average molecular weight is 284 g/mol. The van der Waals surface area contributed by atoms with Crippen molar-refractivity contribution in [1.82, 2.24) is 4.98 Å². The Kier molecular flexibility index (Phi) is 3.14.